The van der Waals surface area contributed by atoms with E-state index in [1.54, 1.807) is 43.4 Å². The molecule has 5 aromatic rings. The molecule has 264 valence electrons. The zero-order chi connectivity index (χ0) is 36.7. The second-order valence-electron chi connectivity index (χ2n) is 14.8. The van der Waals surface area contributed by atoms with Gasteiger partial charge in [0.05, 0.1) is 0 Å². The molecule has 0 bridgehead atoms. The molecule has 0 atom stereocenters. The molecule has 0 aliphatic rings. The van der Waals surface area contributed by atoms with Gasteiger partial charge < -0.3 is 0 Å². The Morgan fingerprint density at radius 2 is 1.04 bits per heavy atom. The molecule has 0 amide bonds. The van der Waals surface area contributed by atoms with Gasteiger partial charge in [-0.15, -0.1) is 41.9 Å². The van der Waals surface area contributed by atoms with Crippen LogP contribution in [0.3, 0.4) is 0 Å². The number of hydrogen-bond acceptors (Lipinski definition) is 11. The molecule has 1 aromatic carbocycles. The highest BCUT2D eigenvalue weighted by Crippen LogP contribution is 2.35. The largest absolute Gasteiger partial charge is 0.445 e. The number of hydrogen-bond donors (Lipinski definition) is 1. The SMILES string of the molecule is CC(C)(C)c1nc(-c2ccccc2)n[nH]1.CC(C)(C)c1nnc(Br)s1.CC(C)(C)c1nnc(C(F)(F)F)s1.Cc1nnc(C(C)(C)C)s1. The summed E-state index contributed by atoms with van der Waals surface area (Å²) in [6.45, 7) is 26.5. The third-order valence-electron chi connectivity index (χ3n) is 5.75. The number of nitrogens with zero attached hydrogens (tertiary/aromatic N) is 8. The van der Waals surface area contributed by atoms with Crippen LogP contribution in [0.2, 0.25) is 0 Å². The lowest BCUT2D eigenvalue weighted by Gasteiger charge is -2.12. The second kappa shape index (κ2) is 16.3. The third-order valence-corrected chi connectivity index (χ3v) is 10.2. The summed E-state index contributed by atoms with van der Waals surface area (Å²) in [6.07, 6.45) is -4.37. The minimum Gasteiger partial charge on any atom is -0.262 e. The molecule has 9 nitrogen and oxygen atoms in total. The van der Waals surface area contributed by atoms with E-state index in [0.29, 0.717) is 16.3 Å². The predicted octanol–water partition coefficient (Wildman–Crippen LogP) is 10.4. The molecule has 0 radical (unpaired) electrons. The Morgan fingerprint density at radius 3 is 1.35 bits per heavy atom. The first kappa shape index (κ1) is 41.5. The van der Waals surface area contributed by atoms with Crippen molar-refractivity contribution < 1.29 is 13.2 Å². The normalized spacial score (nSPS) is 12.3. The van der Waals surface area contributed by atoms with Gasteiger partial charge >= 0.3 is 6.18 Å². The van der Waals surface area contributed by atoms with Crippen molar-refractivity contribution in [2.24, 2.45) is 0 Å². The first-order valence-electron chi connectivity index (χ1n) is 15.0. The molecule has 5 rings (SSSR count). The number of aromatic nitrogens is 9. The molecule has 16 heteroatoms. The quantitative estimate of drug-likeness (QED) is 0.178. The summed E-state index contributed by atoms with van der Waals surface area (Å²) < 4.78 is 37.2. The Hall–Kier alpha value is -2.69. The Kier molecular flexibility index (Phi) is 14.1. The molecule has 0 saturated heterocycles. The van der Waals surface area contributed by atoms with E-state index in [1.165, 1.54) is 0 Å². The summed E-state index contributed by atoms with van der Waals surface area (Å²) in [5.41, 5.74) is 0.973. The van der Waals surface area contributed by atoms with Gasteiger partial charge in [0.15, 0.2) is 9.74 Å². The van der Waals surface area contributed by atoms with Gasteiger partial charge in [0.2, 0.25) is 5.01 Å². The lowest BCUT2D eigenvalue weighted by molar-refractivity contribution is -0.138. The summed E-state index contributed by atoms with van der Waals surface area (Å²) in [5.74, 6) is 1.68. The van der Waals surface area contributed by atoms with Gasteiger partial charge in [0, 0.05) is 27.2 Å². The van der Waals surface area contributed by atoms with Crippen LogP contribution in [0.15, 0.2) is 34.2 Å². The highest BCUT2D eigenvalue weighted by atomic mass is 79.9. The monoisotopic (exact) mass is 787 g/mol. The van der Waals surface area contributed by atoms with Crippen molar-refractivity contribution in [1.29, 1.82) is 0 Å². The van der Waals surface area contributed by atoms with Gasteiger partial charge in [-0.1, -0.05) is 136 Å². The van der Waals surface area contributed by atoms with Gasteiger partial charge in [-0.05, 0) is 22.9 Å². The van der Waals surface area contributed by atoms with Crippen LogP contribution in [0.25, 0.3) is 11.4 Å². The van der Waals surface area contributed by atoms with Gasteiger partial charge in [-0.2, -0.15) is 18.3 Å². The number of halogens is 4. The van der Waals surface area contributed by atoms with E-state index in [0.717, 1.165) is 36.2 Å². The van der Waals surface area contributed by atoms with Crippen molar-refractivity contribution in [3.8, 4) is 11.4 Å². The molecule has 0 unspecified atom stereocenters. The fraction of sp³-hybridized carbons (Fsp3) is 0.562. The molecule has 1 N–H and O–H groups in total. The molecule has 0 fully saturated rings. The molecule has 4 aromatic heterocycles. The van der Waals surface area contributed by atoms with Crippen LogP contribution >= 0.6 is 49.9 Å². The van der Waals surface area contributed by atoms with Crippen LogP contribution in [0.5, 0.6) is 0 Å². The van der Waals surface area contributed by atoms with E-state index in [2.05, 4.69) is 124 Å². The van der Waals surface area contributed by atoms with Crippen molar-refractivity contribution in [2.45, 2.75) is 118 Å². The Morgan fingerprint density at radius 1 is 0.583 bits per heavy atom. The summed E-state index contributed by atoms with van der Waals surface area (Å²) in [7, 11) is 0. The average Bonchev–Trinajstić information content (AvgIpc) is 3.75. The lowest BCUT2D eigenvalue weighted by atomic mass is 9.96. The van der Waals surface area contributed by atoms with Crippen molar-refractivity contribution in [3.63, 3.8) is 0 Å². The van der Waals surface area contributed by atoms with Crippen molar-refractivity contribution in [1.82, 2.24) is 45.8 Å². The van der Waals surface area contributed by atoms with Crippen molar-refractivity contribution in [2.75, 3.05) is 0 Å². The van der Waals surface area contributed by atoms with E-state index >= 15 is 0 Å². The molecule has 0 saturated carbocycles. The third kappa shape index (κ3) is 13.7. The number of rotatable bonds is 1. The number of aryl methyl sites for hydroxylation is 1. The predicted molar refractivity (Wildman–Crippen MR) is 194 cm³/mol. The van der Waals surface area contributed by atoms with Gasteiger partial charge in [-0.25, -0.2) is 4.98 Å². The summed E-state index contributed by atoms with van der Waals surface area (Å²) in [4.78, 5) is 4.49. The second-order valence-corrected chi connectivity index (χ2v) is 19.2. The van der Waals surface area contributed by atoms with Crippen LogP contribution in [0.4, 0.5) is 13.2 Å². The number of aromatic amines is 1. The van der Waals surface area contributed by atoms with E-state index in [1.807, 2.05) is 37.3 Å². The zero-order valence-electron chi connectivity index (χ0n) is 29.7. The Labute approximate surface area is 301 Å². The molecular formula is C32H45BrF3N9S3. The first-order chi connectivity index (χ1) is 21.8. The maximum absolute atomic E-state index is 12.1. The highest BCUT2D eigenvalue weighted by Gasteiger charge is 2.37. The maximum Gasteiger partial charge on any atom is 0.445 e. The van der Waals surface area contributed by atoms with E-state index in [-0.39, 0.29) is 21.7 Å². The van der Waals surface area contributed by atoms with E-state index < -0.39 is 11.2 Å². The van der Waals surface area contributed by atoms with Crippen LogP contribution in [-0.4, -0.2) is 45.8 Å². The molecule has 0 aliphatic carbocycles. The van der Waals surface area contributed by atoms with Crippen LogP contribution < -0.4 is 0 Å². The number of H-pyrrole nitrogens is 1. The summed E-state index contributed by atoms with van der Waals surface area (Å²) in [6, 6.07) is 9.98. The fourth-order valence-corrected chi connectivity index (χ4v) is 5.75. The summed E-state index contributed by atoms with van der Waals surface area (Å²) >= 11 is 7.13. The molecule has 48 heavy (non-hydrogen) atoms. The minimum absolute atomic E-state index is 0.0139. The van der Waals surface area contributed by atoms with Crippen LogP contribution in [0.1, 0.15) is 114 Å². The van der Waals surface area contributed by atoms with Crippen LogP contribution in [-0.2, 0) is 27.8 Å². The van der Waals surface area contributed by atoms with Crippen molar-refractivity contribution in [3.05, 3.63) is 65.1 Å². The number of benzene rings is 1. The average molecular weight is 789 g/mol. The van der Waals surface area contributed by atoms with Gasteiger partial charge in [0.1, 0.15) is 25.9 Å². The lowest BCUT2D eigenvalue weighted by Crippen LogP contribution is -2.13. The summed E-state index contributed by atoms with van der Waals surface area (Å²) in [5, 5.41) is 32.4. The van der Waals surface area contributed by atoms with E-state index in [4.69, 9.17) is 0 Å². The molecule has 0 aliphatic heterocycles. The van der Waals surface area contributed by atoms with Gasteiger partial charge in [0.25, 0.3) is 0 Å². The molecule has 0 spiro atoms. The molecular weight excluding hydrogens is 744 g/mol. The smallest absolute Gasteiger partial charge is 0.262 e. The van der Waals surface area contributed by atoms with Gasteiger partial charge in [-0.3, -0.25) is 5.10 Å². The number of alkyl halides is 3. The number of nitrogens with one attached hydrogen (secondary N) is 1. The highest BCUT2D eigenvalue weighted by molar-refractivity contribution is 9.11. The first-order valence-corrected chi connectivity index (χ1v) is 18.2. The Balaban J connectivity index is 0.000000226. The zero-order valence-corrected chi connectivity index (χ0v) is 33.7. The standard InChI is InChI=1S/C12H15N3.C7H9F3N2S.C7H12N2S.C6H9BrN2S/c1-12(2,3)11-13-10(14-15-11)9-7-5-4-6-8-9;1-6(2,3)4-11-12-5(13-4)7(8,9)10;1-5-8-9-6(10-5)7(2,3)4;1-6(2,3)4-8-9-5(7)10-4/h4-8H,1-3H3,(H,13,14,15);1-3H3;1-4H3;1-3H3. The maximum atomic E-state index is 12.1. The minimum atomic E-state index is -4.37. The van der Waals surface area contributed by atoms with Crippen molar-refractivity contribution >= 4 is 49.9 Å². The van der Waals surface area contributed by atoms with E-state index in [9.17, 15) is 13.2 Å². The fourth-order valence-electron chi connectivity index (χ4n) is 3.06. The molecule has 4 heterocycles. The van der Waals surface area contributed by atoms with Crippen LogP contribution in [0, 0.1) is 6.92 Å². The topological polar surface area (TPSA) is 119 Å². The Bertz CT molecular complexity index is 1600.